The van der Waals surface area contributed by atoms with Gasteiger partial charge in [-0.25, -0.2) is 4.79 Å². The molecule has 0 aromatic carbocycles. The van der Waals surface area contributed by atoms with Crippen molar-refractivity contribution in [3.63, 3.8) is 0 Å². The Morgan fingerprint density at radius 1 is 1.47 bits per heavy atom. The van der Waals surface area contributed by atoms with Crippen LogP contribution in [-0.2, 0) is 4.74 Å². The monoisotopic (exact) mass is 213 g/mol. The van der Waals surface area contributed by atoms with Gasteiger partial charge in [0.15, 0.2) is 0 Å². The van der Waals surface area contributed by atoms with Crippen molar-refractivity contribution < 1.29 is 14.6 Å². The van der Waals surface area contributed by atoms with Crippen LogP contribution in [0.4, 0.5) is 4.79 Å². The van der Waals surface area contributed by atoms with E-state index in [9.17, 15) is 4.79 Å². The summed E-state index contributed by atoms with van der Waals surface area (Å²) in [6, 6.07) is 0. The zero-order chi connectivity index (χ0) is 10.9. The Labute approximate surface area is 90.2 Å². The molecule has 2 fully saturated rings. The highest BCUT2D eigenvalue weighted by Gasteiger charge is 2.42. The second-order valence-corrected chi connectivity index (χ2v) is 4.93. The first-order valence-corrected chi connectivity index (χ1v) is 5.72. The van der Waals surface area contributed by atoms with Gasteiger partial charge in [-0.1, -0.05) is 0 Å². The van der Waals surface area contributed by atoms with Crippen LogP contribution in [-0.4, -0.2) is 41.4 Å². The number of amides is 1. The predicted octanol–water partition coefficient (Wildman–Crippen LogP) is 1.38. The number of carbonyl (C=O) groups is 1. The molecule has 2 aliphatic rings. The quantitative estimate of drug-likeness (QED) is 0.754. The van der Waals surface area contributed by atoms with Gasteiger partial charge in [0.2, 0.25) is 0 Å². The summed E-state index contributed by atoms with van der Waals surface area (Å²) in [7, 11) is 0. The molecular weight excluding hydrogens is 194 g/mol. The smallest absolute Gasteiger partial charge is 0.410 e. The van der Waals surface area contributed by atoms with Crippen molar-refractivity contribution in [1.82, 2.24) is 4.90 Å². The predicted molar refractivity (Wildman–Crippen MR) is 55.5 cm³/mol. The molecule has 0 radical (unpaired) electrons. The van der Waals surface area contributed by atoms with E-state index in [2.05, 4.69) is 0 Å². The highest BCUT2D eigenvalue weighted by Crippen LogP contribution is 2.39. The van der Waals surface area contributed by atoms with Crippen LogP contribution >= 0.6 is 0 Å². The number of hydrogen-bond acceptors (Lipinski definition) is 3. The van der Waals surface area contributed by atoms with Crippen LogP contribution in [0, 0.1) is 5.92 Å². The molecule has 1 heterocycles. The Morgan fingerprint density at radius 3 is 2.53 bits per heavy atom. The van der Waals surface area contributed by atoms with E-state index in [4.69, 9.17) is 9.84 Å². The van der Waals surface area contributed by atoms with E-state index < -0.39 is 0 Å². The van der Waals surface area contributed by atoms with E-state index >= 15 is 0 Å². The third-order valence-electron chi connectivity index (χ3n) is 3.42. The lowest BCUT2D eigenvalue weighted by molar-refractivity contribution is 0.0445. The van der Waals surface area contributed by atoms with Gasteiger partial charge in [0.05, 0.1) is 0 Å². The fourth-order valence-electron chi connectivity index (χ4n) is 1.85. The molecule has 0 unspecified atom stereocenters. The molecule has 4 nitrogen and oxygen atoms in total. The first kappa shape index (κ1) is 10.7. The standard InChI is InChI=1S/C11H19NO3/c1-11(4-5-11)15-10(14)12-6-2-9(8-13)3-7-12/h9,13H,2-8H2,1H3. The number of piperidine rings is 1. The van der Waals surface area contributed by atoms with Gasteiger partial charge in [-0.2, -0.15) is 0 Å². The molecule has 4 heteroatoms. The Hall–Kier alpha value is -0.770. The number of ether oxygens (including phenoxy) is 1. The van der Waals surface area contributed by atoms with Crippen LogP contribution in [0.15, 0.2) is 0 Å². The lowest BCUT2D eigenvalue weighted by Gasteiger charge is -2.31. The second-order valence-electron chi connectivity index (χ2n) is 4.93. The molecule has 86 valence electrons. The van der Waals surface area contributed by atoms with Crippen LogP contribution in [0.5, 0.6) is 0 Å². The highest BCUT2D eigenvalue weighted by atomic mass is 16.6. The molecule has 2 rings (SSSR count). The zero-order valence-corrected chi connectivity index (χ0v) is 9.24. The molecule has 1 N–H and O–H groups in total. The van der Waals surface area contributed by atoms with Gasteiger partial charge < -0.3 is 14.7 Å². The highest BCUT2D eigenvalue weighted by molar-refractivity contribution is 5.68. The van der Waals surface area contributed by atoms with Crippen molar-refractivity contribution in [3.05, 3.63) is 0 Å². The van der Waals surface area contributed by atoms with Crippen LogP contribution in [0.3, 0.4) is 0 Å². The second kappa shape index (κ2) is 4.00. The molecule has 1 saturated carbocycles. The topological polar surface area (TPSA) is 49.8 Å². The average Bonchev–Trinajstić information content (AvgIpc) is 2.96. The van der Waals surface area contributed by atoms with Gasteiger partial charge in [-0.05, 0) is 38.5 Å². The number of hydrogen-bond donors (Lipinski definition) is 1. The maximum absolute atomic E-state index is 11.7. The maximum Gasteiger partial charge on any atom is 0.410 e. The minimum absolute atomic E-state index is 0.175. The molecule has 1 saturated heterocycles. The Bertz CT molecular complexity index is 242. The van der Waals surface area contributed by atoms with E-state index in [0.717, 1.165) is 38.8 Å². The summed E-state index contributed by atoms with van der Waals surface area (Å²) < 4.78 is 5.38. The number of nitrogens with zero attached hydrogens (tertiary/aromatic N) is 1. The Balaban J connectivity index is 1.77. The lowest BCUT2D eigenvalue weighted by Crippen LogP contribution is -2.40. The molecule has 0 aromatic rings. The number of carbonyl (C=O) groups excluding carboxylic acids is 1. The molecule has 0 bridgehead atoms. The van der Waals surface area contributed by atoms with Gasteiger partial charge in [0, 0.05) is 19.7 Å². The summed E-state index contributed by atoms with van der Waals surface area (Å²) in [5.41, 5.74) is -0.176. The van der Waals surface area contributed by atoms with E-state index in [0.29, 0.717) is 5.92 Å². The minimum Gasteiger partial charge on any atom is -0.443 e. The molecular formula is C11H19NO3. The fraction of sp³-hybridized carbons (Fsp3) is 0.909. The molecule has 0 aromatic heterocycles. The van der Waals surface area contributed by atoms with Crippen LogP contribution in [0.1, 0.15) is 32.6 Å². The molecule has 0 atom stereocenters. The number of rotatable bonds is 2. The van der Waals surface area contributed by atoms with E-state index in [-0.39, 0.29) is 18.3 Å². The Kier molecular flexibility index (Phi) is 2.87. The third-order valence-corrected chi connectivity index (χ3v) is 3.42. The van der Waals surface area contributed by atoms with Crippen molar-refractivity contribution in [2.75, 3.05) is 19.7 Å². The summed E-state index contributed by atoms with van der Waals surface area (Å²) in [6.07, 6.45) is 3.59. The van der Waals surface area contributed by atoms with E-state index in [1.807, 2.05) is 6.92 Å². The van der Waals surface area contributed by atoms with Crippen LogP contribution < -0.4 is 0 Å². The summed E-state index contributed by atoms with van der Waals surface area (Å²) in [6.45, 7) is 3.66. The van der Waals surface area contributed by atoms with Gasteiger partial charge in [-0.15, -0.1) is 0 Å². The van der Waals surface area contributed by atoms with Crippen molar-refractivity contribution >= 4 is 6.09 Å². The maximum atomic E-state index is 11.7. The van der Waals surface area contributed by atoms with Crippen molar-refractivity contribution in [1.29, 1.82) is 0 Å². The van der Waals surface area contributed by atoms with Crippen molar-refractivity contribution in [2.24, 2.45) is 5.92 Å². The molecule has 1 amide bonds. The van der Waals surface area contributed by atoms with Crippen LogP contribution in [0.25, 0.3) is 0 Å². The van der Waals surface area contributed by atoms with E-state index in [1.165, 1.54) is 0 Å². The first-order chi connectivity index (χ1) is 7.13. The largest absolute Gasteiger partial charge is 0.443 e. The molecule has 15 heavy (non-hydrogen) atoms. The van der Waals surface area contributed by atoms with Crippen LogP contribution in [0.2, 0.25) is 0 Å². The zero-order valence-electron chi connectivity index (χ0n) is 9.24. The normalized spacial score (nSPS) is 25.1. The number of aliphatic hydroxyl groups excluding tert-OH is 1. The Morgan fingerprint density at radius 2 is 2.07 bits per heavy atom. The summed E-state index contributed by atoms with van der Waals surface area (Å²) in [5, 5.41) is 8.98. The average molecular weight is 213 g/mol. The fourth-order valence-corrected chi connectivity index (χ4v) is 1.85. The van der Waals surface area contributed by atoms with Gasteiger partial charge in [0.1, 0.15) is 5.60 Å². The number of aliphatic hydroxyl groups is 1. The summed E-state index contributed by atoms with van der Waals surface area (Å²) in [5.74, 6) is 0.366. The molecule has 0 spiro atoms. The number of likely N-dealkylation sites (tertiary alicyclic amines) is 1. The SMILES string of the molecule is CC1(OC(=O)N2CCC(CO)CC2)CC1. The summed E-state index contributed by atoms with van der Waals surface area (Å²) in [4.78, 5) is 13.4. The minimum atomic E-state index is -0.176. The van der Waals surface area contributed by atoms with Gasteiger partial charge >= 0.3 is 6.09 Å². The first-order valence-electron chi connectivity index (χ1n) is 5.72. The van der Waals surface area contributed by atoms with Gasteiger partial charge in [-0.3, -0.25) is 0 Å². The van der Waals surface area contributed by atoms with Crippen molar-refractivity contribution in [3.8, 4) is 0 Å². The van der Waals surface area contributed by atoms with Gasteiger partial charge in [0.25, 0.3) is 0 Å². The van der Waals surface area contributed by atoms with E-state index in [1.54, 1.807) is 4.90 Å². The summed E-state index contributed by atoms with van der Waals surface area (Å²) >= 11 is 0. The molecule has 1 aliphatic carbocycles. The molecule has 1 aliphatic heterocycles. The van der Waals surface area contributed by atoms with Crippen molar-refractivity contribution in [2.45, 2.75) is 38.2 Å². The lowest BCUT2D eigenvalue weighted by atomic mass is 9.98. The third kappa shape index (κ3) is 2.62.